The number of ether oxygens (including phenoxy) is 1. The van der Waals surface area contributed by atoms with Crippen molar-refractivity contribution >= 4 is 10.0 Å². The molecular weight excluding hydrogens is 402 g/mol. The van der Waals surface area contributed by atoms with Gasteiger partial charge in [-0.2, -0.15) is 9.19 Å². The van der Waals surface area contributed by atoms with Crippen LogP contribution in [-0.2, 0) is 27.8 Å². The first-order chi connectivity index (χ1) is 13.8. The number of hydrogen-bond acceptors (Lipinski definition) is 6. The van der Waals surface area contributed by atoms with Crippen LogP contribution in [-0.4, -0.2) is 52.5 Å². The molecule has 1 aromatic rings. The van der Waals surface area contributed by atoms with Gasteiger partial charge in [0.25, 0.3) is 10.0 Å². The Bertz CT molecular complexity index is 962. The third kappa shape index (κ3) is 3.45. The third-order valence-corrected chi connectivity index (χ3v) is 8.36. The summed E-state index contributed by atoms with van der Waals surface area (Å²) in [5.74, 6) is -1.43. The molecule has 0 spiro atoms. The van der Waals surface area contributed by atoms with Gasteiger partial charge >= 0.3 is 0 Å². The molecule has 2 aliphatic heterocycles. The van der Waals surface area contributed by atoms with Gasteiger partial charge in [0.1, 0.15) is 11.7 Å². The quantitative estimate of drug-likeness (QED) is 0.789. The zero-order valence-electron chi connectivity index (χ0n) is 15.9. The molecule has 0 amide bonds. The SMILES string of the molecule is NC1CC(N2Cc3cn(S(=O)(=O)C4CC4)nc3C2)CO[C@@H]1C1CC(F)=CC=C1F. The monoisotopic (exact) mass is 426 g/mol. The number of aromatic nitrogens is 2. The third-order valence-electron chi connectivity index (χ3n) is 6.34. The fourth-order valence-corrected chi connectivity index (χ4v) is 6.06. The lowest BCUT2D eigenvalue weighted by Gasteiger charge is -2.41. The Balaban J connectivity index is 1.23. The molecule has 0 bridgehead atoms. The van der Waals surface area contributed by atoms with E-state index in [9.17, 15) is 17.2 Å². The van der Waals surface area contributed by atoms with E-state index in [1.807, 2.05) is 0 Å². The Labute approximate surface area is 168 Å². The van der Waals surface area contributed by atoms with Crippen LogP contribution < -0.4 is 5.73 Å². The zero-order chi connectivity index (χ0) is 20.3. The lowest BCUT2D eigenvalue weighted by atomic mass is 9.85. The fraction of sp³-hybridized carbons (Fsp3) is 0.632. The normalized spacial score (nSPS) is 33.3. The van der Waals surface area contributed by atoms with Crippen molar-refractivity contribution in [3.05, 3.63) is 41.3 Å². The van der Waals surface area contributed by atoms with Crippen molar-refractivity contribution in [1.82, 2.24) is 14.1 Å². The number of hydrogen-bond donors (Lipinski definition) is 1. The predicted octanol–water partition coefficient (Wildman–Crippen LogP) is 1.75. The Hall–Kier alpha value is -1.62. The minimum atomic E-state index is -3.36. The van der Waals surface area contributed by atoms with E-state index in [2.05, 4.69) is 10.00 Å². The van der Waals surface area contributed by atoms with Gasteiger partial charge in [0.2, 0.25) is 0 Å². The maximum atomic E-state index is 14.2. The second-order valence-electron chi connectivity index (χ2n) is 8.45. The van der Waals surface area contributed by atoms with Crippen LogP contribution in [0.4, 0.5) is 8.78 Å². The molecule has 3 unspecified atom stereocenters. The highest BCUT2D eigenvalue weighted by Gasteiger charge is 2.42. The molecule has 1 saturated heterocycles. The van der Waals surface area contributed by atoms with Gasteiger partial charge in [-0.25, -0.2) is 17.2 Å². The van der Waals surface area contributed by atoms with Crippen LogP contribution in [0.3, 0.4) is 0 Å². The minimum Gasteiger partial charge on any atom is -0.374 e. The van der Waals surface area contributed by atoms with Crippen LogP contribution in [0.2, 0.25) is 0 Å². The average molecular weight is 426 g/mol. The number of nitrogens with two attached hydrogens (primary N) is 1. The van der Waals surface area contributed by atoms with E-state index < -0.39 is 33.9 Å². The topological polar surface area (TPSA) is 90.5 Å². The molecule has 1 aromatic heterocycles. The summed E-state index contributed by atoms with van der Waals surface area (Å²) < 4.78 is 59.5. The van der Waals surface area contributed by atoms with Crippen molar-refractivity contribution in [2.45, 2.75) is 62.2 Å². The summed E-state index contributed by atoms with van der Waals surface area (Å²) in [7, 11) is -3.36. The van der Waals surface area contributed by atoms with Gasteiger partial charge in [-0.15, -0.1) is 0 Å². The van der Waals surface area contributed by atoms with Gasteiger partial charge in [0.05, 0.1) is 23.7 Å². The van der Waals surface area contributed by atoms with Crippen molar-refractivity contribution in [1.29, 1.82) is 0 Å². The number of allylic oxidation sites excluding steroid dienone is 3. The van der Waals surface area contributed by atoms with E-state index in [4.69, 9.17) is 10.5 Å². The first-order valence-corrected chi connectivity index (χ1v) is 11.5. The molecule has 5 rings (SSSR count). The molecule has 10 heteroatoms. The van der Waals surface area contributed by atoms with E-state index in [0.717, 1.165) is 27.5 Å². The number of rotatable bonds is 4. The van der Waals surface area contributed by atoms with E-state index in [1.54, 1.807) is 6.20 Å². The summed E-state index contributed by atoms with van der Waals surface area (Å²) in [5.41, 5.74) is 7.95. The lowest BCUT2D eigenvalue weighted by Crippen LogP contribution is -2.53. The van der Waals surface area contributed by atoms with Crippen LogP contribution in [0.5, 0.6) is 0 Å². The average Bonchev–Trinajstić information content (AvgIpc) is 3.35. The molecule has 1 saturated carbocycles. The molecule has 158 valence electrons. The van der Waals surface area contributed by atoms with Crippen LogP contribution in [0.1, 0.15) is 36.9 Å². The highest BCUT2D eigenvalue weighted by atomic mass is 32.2. The second kappa shape index (κ2) is 6.97. The van der Waals surface area contributed by atoms with Gasteiger partial charge in [-0.05, 0) is 31.4 Å². The summed E-state index contributed by atoms with van der Waals surface area (Å²) in [6.07, 6.45) is 5.34. The highest BCUT2D eigenvalue weighted by Crippen LogP contribution is 2.37. The molecule has 7 nitrogen and oxygen atoms in total. The largest absolute Gasteiger partial charge is 0.374 e. The van der Waals surface area contributed by atoms with E-state index in [-0.39, 0.29) is 23.5 Å². The fourth-order valence-electron chi connectivity index (χ4n) is 4.53. The molecule has 2 N–H and O–H groups in total. The molecule has 4 aliphatic rings. The van der Waals surface area contributed by atoms with Crippen LogP contribution in [0, 0.1) is 5.92 Å². The molecule has 2 aliphatic carbocycles. The molecule has 29 heavy (non-hydrogen) atoms. The molecule has 0 radical (unpaired) electrons. The van der Waals surface area contributed by atoms with Crippen molar-refractivity contribution in [2.75, 3.05) is 6.61 Å². The van der Waals surface area contributed by atoms with Gasteiger partial charge < -0.3 is 10.5 Å². The van der Waals surface area contributed by atoms with Gasteiger partial charge in [0.15, 0.2) is 0 Å². The second-order valence-corrected chi connectivity index (χ2v) is 10.5. The summed E-state index contributed by atoms with van der Waals surface area (Å²) in [5, 5.41) is 4.01. The molecule has 2 fully saturated rings. The summed E-state index contributed by atoms with van der Waals surface area (Å²) in [4.78, 5) is 2.16. The van der Waals surface area contributed by atoms with E-state index >= 15 is 0 Å². The molecular formula is C19H24F2N4O3S. The Kier molecular flexibility index (Phi) is 4.65. The van der Waals surface area contributed by atoms with Crippen molar-refractivity contribution in [2.24, 2.45) is 11.7 Å². The van der Waals surface area contributed by atoms with Crippen LogP contribution >= 0.6 is 0 Å². The summed E-state index contributed by atoms with van der Waals surface area (Å²) in [6, 6.07) is -0.383. The molecule has 0 aromatic carbocycles. The molecule has 4 atom stereocenters. The van der Waals surface area contributed by atoms with Gasteiger partial charge in [-0.3, -0.25) is 4.90 Å². The van der Waals surface area contributed by atoms with Gasteiger partial charge in [0, 0.05) is 49.3 Å². The first kappa shape index (κ1) is 19.3. The van der Waals surface area contributed by atoms with Crippen LogP contribution in [0.15, 0.2) is 30.0 Å². The number of nitrogens with zero attached hydrogens (tertiary/aromatic N) is 3. The Morgan fingerprint density at radius 1 is 1.21 bits per heavy atom. The van der Waals surface area contributed by atoms with Crippen molar-refractivity contribution in [3.8, 4) is 0 Å². The molecule has 3 heterocycles. The Morgan fingerprint density at radius 2 is 2.00 bits per heavy atom. The highest BCUT2D eigenvalue weighted by molar-refractivity contribution is 7.90. The predicted molar refractivity (Wildman–Crippen MR) is 101 cm³/mol. The van der Waals surface area contributed by atoms with E-state index in [0.29, 0.717) is 39.0 Å². The maximum absolute atomic E-state index is 14.2. The number of halogens is 2. The first-order valence-electron chi connectivity index (χ1n) is 9.97. The van der Waals surface area contributed by atoms with Crippen molar-refractivity contribution in [3.63, 3.8) is 0 Å². The standard InChI is InChI=1S/C19H24F2N4O3S/c20-12-1-4-16(21)15(5-12)19-17(22)6-13(10-28-19)24-7-11-8-25(23-18(11)9-24)29(26,27)14-2-3-14/h1,4,8,13-15,17,19H,2-3,5-7,9-10,22H2/t13?,15?,17?,19-/m1/s1. The van der Waals surface area contributed by atoms with E-state index in [1.165, 1.54) is 0 Å². The minimum absolute atomic E-state index is 0.0237. The summed E-state index contributed by atoms with van der Waals surface area (Å²) >= 11 is 0. The van der Waals surface area contributed by atoms with Gasteiger partial charge in [-0.1, -0.05) is 0 Å². The Morgan fingerprint density at radius 3 is 2.69 bits per heavy atom. The maximum Gasteiger partial charge on any atom is 0.256 e. The smallest absolute Gasteiger partial charge is 0.256 e. The number of fused-ring (bicyclic) bond motifs is 1. The van der Waals surface area contributed by atoms with Crippen molar-refractivity contribution < 1.29 is 21.9 Å². The lowest BCUT2D eigenvalue weighted by molar-refractivity contribution is -0.0729. The zero-order valence-corrected chi connectivity index (χ0v) is 16.7. The van der Waals surface area contributed by atoms with Crippen LogP contribution in [0.25, 0.3) is 0 Å². The summed E-state index contributed by atoms with van der Waals surface area (Å²) in [6.45, 7) is 1.48.